The predicted molar refractivity (Wildman–Crippen MR) is 139 cm³/mol. The third-order valence-electron chi connectivity index (χ3n) is 5.07. The van der Waals surface area contributed by atoms with Gasteiger partial charge in [0.05, 0.1) is 19.9 Å². The lowest BCUT2D eigenvalue weighted by Gasteiger charge is -2.12. The lowest BCUT2D eigenvalue weighted by atomic mass is 10.1. The van der Waals surface area contributed by atoms with Gasteiger partial charge in [-0.1, -0.05) is 48.0 Å². The first-order chi connectivity index (χ1) is 16.3. The maximum absolute atomic E-state index is 12.8. The Kier molecular flexibility index (Phi) is 7.32. The molecule has 0 aromatic heterocycles. The van der Waals surface area contributed by atoms with E-state index in [4.69, 9.17) is 4.74 Å². The van der Waals surface area contributed by atoms with Gasteiger partial charge >= 0.3 is 0 Å². The molecule has 1 saturated heterocycles. The Morgan fingerprint density at radius 1 is 1.06 bits per heavy atom. The highest BCUT2D eigenvalue weighted by atomic mass is 127. The Balaban J connectivity index is 1.45. The Bertz CT molecular complexity index is 1320. The standard InChI is InChI=1S/C25H19IN2O5S/c1-16-4-2-6-19(10-16)15-33-22-9-8-17(12-21(22)26)13-23-24(29)27(25(30)34-23)14-18-5-3-7-20(11-18)28(31)32/h2-13H,14-15H2,1H3/b23-13+. The molecule has 34 heavy (non-hydrogen) atoms. The molecule has 1 aliphatic heterocycles. The van der Waals surface area contributed by atoms with Crippen molar-refractivity contribution in [1.82, 2.24) is 4.90 Å². The molecule has 7 nitrogen and oxygen atoms in total. The van der Waals surface area contributed by atoms with Crippen molar-refractivity contribution in [3.63, 3.8) is 0 Å². The summed E-state index contributed by atoms with van der Waals surface area (Å²) in [5.41, 5.74) is 3.46. The number of nitro groups is 1. The van der Waals surface area contributed by atoms with Crippen LogP contribution in [-0.2, 0) is 17.9 Å². The summed E-state index contributed by atoms with van der Waals surface area (Å²) >= 11 is 3.04. The van der Waals surface area contributed by atoms with Crippen molar-refractivity contribution < 1.29 is 19.2 Å². The van der Waals surface area contributed by atoms with Crippen LogP contribution in [0.2, 0.25) is 0 Å². The summed E-state index contributed by atoms with van der Waals surface area (Å²) in [6, 6.07) is 19.6. The molecule has 3 aromatic rings. The monoisotopic (exact) mass is 586 g/mol. The number of hydrogen-bond acceptors (Lipinski definition) is 6. The van der Waals surface area contributed by atoms with E-state index in [0.717, 1.165) is 37.1 Å². The zero-order valence-corrected chi connectivity index (χ0v) is 21.0. The van der Waals surface area contributed by atoms with Crippen molar-refractivity contribution in [1.29, 1.82) is 0 Å². The zero-order chi connectivity index (χ0) is 24.2. The number of thioether (sulfide) groups is 1. The number of imide groups is 1. The summed E-state index contributed by atoms with van der Waals surface area (Å²) < 4.78 is 6.82. The Morgan fingerprint density at radius 3 is 2.56 bits per heavy atom. The number of nitro benzene ring substituents is 1. The van der Waals surface area contributed by atoms with Gasteiger partial charge in [0, 0.05) is 12.1 Å². The van der Waals surface area contributed by atoms with Crippen LogP contribution in [0.5, 0.6) is 5.75 Å². The minimum atomic E-state index is -0.507. The molecule has 2 amide bonds. The van der Waals surface area contributed by atoms with Gasteiger partial charge in [0.1, 0.15) is 12.4 Å². The van der Waals surface area contributed by atoms with Crippen molar-refractivity contribution >= 4 is 57.3 Å². The van der Waals surface area contributed by atoms with Crippen molar-refractivity contribution in [3.8, 4) is 5.75 Å². The van der Waals surface area contributed by atoms with Gasteiger partial charge in [0.25, 0.3) is 16.8 Å². The topological polar surface area (TPSA) is 89.8 Å². The van der Waals surface area contributed by atoms with Gasteiger partial charge in [-0.05, 0) is 76.2 Å². The molecule has 4 rings (SSSR count). The second-order valence-corrected chi connectivity index (χ2v) is 9.82. The van der Waals surface area contributed by atoms with Gasteiger partial charge in [-0.25, -0.2) is 0 Å². The van der Waals surface area contributed by atoms with Crippen LogP contribution in [0.4, 0.5) is 10.5 Å². The molecule has 9 heteroatoms. The van der Waals surface area contributed by atoms with E-state index in [1.165, 1.54) is 23.8 Å². The molecule has 0 atom stereocenters. The Morgan fingerprint density at radius 2 is 1.82 bits per heavy atom. The van der Waals surface area contributed by atoms with Gasteiger partial charge in [-0.15, -0.1) is 0 Å². The molecule has 1 aliphatic rings. The Labute approximate surface area is 214 Å². The third kappa shape index (κ3) is 5.65. The summed E-state index contributed by atoms with van der Waals surface area (Å²) in [5, 5.41) is 10.6. The number of nitrogens with zero attached hydrogens (tertiary/aromatic N) is 2. The van der Waals surface area contributed by atoms with E-state index in [1.54, 1.807) is 12.1 Å². The number of rotatable bonds is 7. The molecule has 172 valence electrons. The molecule has 0 unspecified atom stereocenters. The van der Waals surface area contributed by atoms with Crippen LogP contribution < -0.4 is 4.74 Å². The molecule has 1 heterocycles. The normalized spacial score (nSPS) is 14.6. The summed E-state index contributed by atoms with van der Waals surface area (Å²) in [5.74, 6) is 0.314. The van der Waals surface area contributed by atoms with Crippen molar-refractivity contribution in [3.05, 3.63) is 108 Å². The van der Waals surface area contributed by atoms with Crippen molar-refractivity contribution in [2.24, 2.45) is 0 Å². The summed E-state index contributed by atoms with van der Waals surface area (Å²) in [6.45, 7) is 2.47. The fraction of sp³-hybridized carbons (Fsp3) is 0.120. The van der Waals surface area contributed by atoms with Crippen molar-refractivity contribution in [2.75, 3.05) is 0 Å². The smallest absolute Gasteiger partial charge is 0.293 e. The lowest BCUT2D eigenvalue weighted by molar-refractivity contribution is -0.384. The molecule has 0 aliphatic carbocycles. The minimum absolute atomic E-state index is 0.0209. The van der Waals surface area contributed by atoms with Crippen LogP contribution in [0.1, 0.15) is 22.3 Å². The first kappa shape index (κ1) is 24.0. The van der Waals surface area contributed by atoms with Gasteiger partial charge in [-0.3, -0.25) is 24.6 Å². The molecule has 0 radical (unpaired) electrons. The van der Waals surface area contributed by atoms with E-state index in [9.17, 15) is 19.7 Å². The number of halogens is 1. The first-order valence-corrected chi connectivity index (χ1v) is 12.2. The fourth-order valence-corrected chi connectivity index (χ4v) is 4.96. The maximum Gasteiger partial charge on any atom is 0.293 e. The van der Waals surface area contributed by atoms with Gasteiger partial charge < -0.3 is 4.74 Å². The molecule has 0 N–H and O–H groups in total. The number of hydrogen-bond donors (Lipinski definition) is 0. The minimum Gasteiger partial charge on any atom is -0.488 e. The van der Waals surface area contributed by atoms with Gasteiger partial charge in [0.15, 0.2) is 0 Å². The molecular weight excluding hydrogens is 567 g/mol. The van der Waals surface area contributed by atoms with E-state index in [-0.39, 0.29) is 12.2 Å². The van der Waals surface area contributed by atoms with Crippen LogP contribution >= 0.6 is 34.4 Å². The molecule has 0 spiro atoms. The van der Waals surface area contributed by atoms with E-state index < -0.39 is 16.1 Å². The predicted octanol–water partition coefficient (Wildman–Crippen LogP) is 6.32. The summed E-state index contributed by atoms with van der Waals surface area (Å²) in [7, 11) is 0. The number of carbonyl (C=O) groups excluding carboxylic acids is 2. The SMILES string of the molecule is Cc1cccc(COc2ccc(/C=C3/SC(=O)N(Cc4cccc([N+](=O)[O-])c4)C3=O)cc2I)c1. The molecule has 0 saturated carbocycles. The summed E-state index contributed by atoms with van der Waals surface area (Å²) in [6.07, 6.45) is 1.67. The van der Waals surface area contributed by atoms with Crippen LogP contribution in [0.3, 0.4) is 0 Å². The molecule has 3 aromatic carbocycles. The third-order valence-corrected chi connectivity index (χ3v) is 6.82. The quantitative estimate of drug-likeness (QED) is 0.139. The highest BCUT2D eigenvalue weighted by Crippen LogP contribution is 2.34. The lowest BCUT2D eigenvalue weighted by Crippen LogP contribution is -2.27. The number of carbonyl (C=O) groups is 2. The van der Waals surface area contributed by atoms with E-state index in [1.807, 2.05) is 43.3 Å². The average Bonchev–Trinajstić information content (AvgIpc) is 3.06. The second-order valence-electron chi connectivity index (χ2n) is 7.66. The second kappa shape index (κ2) is 10.4. The number of aryl methyl sites for hydroxylation is 1. The molecular formula is C25H19IN2O5S. The number of non-ortho nitro benzene ring substituents is 1. The number of amides is 2. The van der Waals surface area contributed by atoms with Crippen LogP contribution in [0, 0.1) is 20.6 Å². The number of ether oxygens (including phenoxy) is 1. The first-order valence-electron chi connectivity index (χ1n) is 10.3. The maximum atomic E-state index is 12.8. The summed E-state index contributed by atoms with van der Waals surface area (Å²) in [4.78, 5) is 37.2. The average molecular weight is 586 g/mol. The van der Waals surface area contributed by atoms with Crippen LogP contribution in [0.15, 0.2) is 71.6 Å². The van der Waals surface area contributed by atoms with Crippen molar-refractivity contribution in [2.45, 2.75) is 20.1 Å². The molecule has 1 fully saturated rings. The van der Waals surface area contributed by atoms with Crippen LogP contribution in [-0.4, -0.2) is 21.0 Å². The largest absolute Gasteiger partial charge is 0.488 e. The zero-order valence-electron chi connectivity index (χ0n) is 18.1. The highest BCUT2D eigenvalue weighted by Gasteiger charge is 2.35. The Hall–Kier alpha value is -3.18. The highest BCUT2D eigenvalue weighted by molar-refractivity contribution is 14.1. The van der Waals surface area contributed by atoms with E-state index >= 15 is 0 Å². The fourth-order valence-electron chi connectivity index (χ4n) is 3.43. The van der Waals surface area contributed by atoms with Gasteiger partial charge in [0.2, 0.25) is 0 Å². The van der Waals surface area contributed by atoms with Crippen LogP contribution in [0.25, 0.3) is 6.08 Å². The molecule has 0 bridgehead atoms. The van der Waals surface area contributed by atoms with Gasteiger partial charge in [-0.2, -0.15) is 0 Å². The van der Waals surface area contributed by atoms with E-state index in [2.05, 4.69) is 28.7 Å². The number of benzene rings is 3. The van der Waals surface area contributed by atoms with E-state index in [0.29, 0.717) is 17.1 Å².